The van der Waals surface area contributed by atoms with Gasteiger partial charge in [0.2, 0.25) is 5.88 Å². The Morgan fingerprint density at radius 1 is 0.926 bits per heavy atom. The fraction of sp³-hybridized carbons (Fsp3) is 0.125. The van der Waals surface area contributed by atoms with E-state index in [1.165, 1.54) is 11.1 Å². The van der Waals surface area contributed by atoms with Gasteiger partial charge in [-0.05, 0) is 49.2 Å². The fourth-order valence-corrected chi connectivity index (χ4v) is 3.26. The molecule has 0 aliphatic carbocycles. The van der Waals surface area contributed by atoms with Gasteiger partial charge in [-0.25, -0.2) is 0 Å². The highest BCUT2D eigenvalue weighted by Gasteiger charge is 2.25. The van der Waals surface area contributed by atoms with Crippen LogP contribution in [-0.2, 0) is 0 Å². The van der Waals surface area contributed by atoms with E-state index in [4.69, 9.17) is 4.74 Å². The molecule has 0 aromatic heterocycles. The zero-order chi connectivity index (χ0) is 18.6. The third-order valence-electron chi connectivity index (χ3n) is 4.55. The minimum Gasteiger partial charge on any atom is -0.439 e. The Morgan fingerprint density at radius 2 is 1.63 bits per heavy atom. The molecular weight excluding hydrogens is 332 g/mol. The summed E-state index contributed by atoms with van der Waals surface area (Å²) in [5, 5.41) is 0. The van der Waals surface area contributed by atoms with Gasteiger partial charge in [0.15, 0.2) is 5.75 Å². The molecule has 1 heterocycles. The molecule has 1 aliphatic heterocycles. The molecule has 27 heavy (non-hydrogen) atoms. The van der Waals surface area contributed by atoms with Crippen LogP contribution in [0.3, 0.4) is 0 Å². The Balaban J connectivity index is 1.65. The molecule has 0 fully saturated rings. The topological polar surface area (TPSA) is 24.8 Å². The van der Waals surface area contributed by atoms with Crippen molar-refractivity contribution in [3.8, 4) is 16.9 Å². The van der Waals surface area contributed by atoms with Gasteiger partial charge >= 0.3 is 0 Å². The number of nitrogens with zero attached hydrogens (tertiary/aromatic N) is 2. The Labute approximate surface area is 160 Å². The standard InChI is InChI=1S/C24H22N2O/c1-3-26-22-17-20(19-10-6-4-7-11-19)14-15-23(22)27-24(26)16-18(2)25-21-12-8-5-9-13-21/h4-17H,3H2,1-2H3/b24-16-,25-18?. The summed E-state index contributed by atoms with van der Waals surface area (Å²) in [6.07, 6.45) is 2.00. The lowest BCUT2D eigenvalue weighted by atomic mass is 10.0. The van der Waals surface area contributed by atoms with Crippen LogP contribution in [0.4, 0.5) is 11.4 Å². The van der Waals surface area contributed by atoms with Crippen molar-refractivity contribution in [2.24, 2.45) is 4.99 Å². The maximum atomic E-state index is 6.12. The number of rotatable bonds is 4. The zero-order valence-corrected chi connectivity index (χ0v) is 15.6. The Morgan fingerprint density at radius 3 is 2.33 bits per heavy atom. The van der Waals surface area contributed by atoms with Crippen molar-refractivity contribution in [3.63, 3.8) is 0 Å². The second-order valence-electron chi connectivity index (χ2n) is 6.47. The van der Waals surface area contributed by atoms with Gasteiger partial charge in [0.1, 0.15) is 0 Å². The first-order valence-electron chi connectivity index (χ1n) is 9.21. The minimum atomic E-state index is 0.815. The minimum absolute atomic E-state index is 0.815. The van der Waals surface area contributed by atoms with Crippen LogP contribution in [0, 0.1) is 0 Å². The van der Waals surface area contributed by atoms with Crippen molar-refractivity contribution >= 4 is 17.1 Å². The smallest absolute Gasteiger partial charge is 0.202 e. The fourth-order valence-electron chi connectivity index (χ4n) is 3.26. The van der Waals surface area contributed by atoms with E-state index in [1.807, 2.05) is 55.5 Å². The van der Waals surface area contributed by atoms with Crippen molar-refractivity contribution in [1.29, 1.82) is 0 Å². The molecule has 0 bridgehead atoms. The first kappa shape index (κ1) is 17.1. The van der Waals surface area contributed by atoms with Gasteiger partial charge in [0.25, 0.3) is 0 Å². The van der Waals surface area contributed by atoms with Gasteiger partial charge in [-0.2, -0.15) is 0 Å². The van der Waals surface area contributed by atoms with Crippen LogP contribution in [0.5, 0.6) is 5.75 Å². The van der Waals surface area contributed by atoms with E-state index < -0.39 is 0 Å². The summed E-state index contributed by atoms with van der Waals surface area (Å²) in [6, 6.07) is 26.7. The van der Waals surface area contributed by atoms with E-state index in [9.17, 15) is 0 Å². The first-order valence-corrected chi connectivity index (χ1v) is 9.21. The molecule has 3 aromatic rings. The predicted molar refractivity (Wildman–Crippen MR) is 113 cm³/mol. The van der Waals surface area contributed by atoms with Crippen LogP contribution in [0.1, 0.15) is 13.8 Å². The normalized spacial score (nSPS) is 15.0. The number of para-hydroxylation sites is 1. The van der Waals surface area contributed by atoms with E-state index in [-0.39, 0.29) is 0 Å². The van der Waals surface area contributed by atoms with Gasteiger partial charge in [-0.3, -0.25) is 4.99 Å². The second-order valence-corrected chi connectivity index (χ2v) is 6.47. The summed E-state index contributed by atoms with van der Waals surface area (Å²) in [4.78, 5) is 6.84. The summed E-state index contributed by atoms with van der Waals surface area (Å²) in [7, 11) is 0. The van der Waals surface area contributed by atoms with Gasteiger partial charge in [-0.15, -0.1) is 0 Å². The van der Waals surface area contributed by atoms with Crippen molar-refractivity contribution in [1.82, 2.24) is 0 Å². The van der Waals surface area contributed by atoms with Crippen molar-refractivity contribution in [3.05, 3.63) is 90.8 Å². The molecule has 0 N–H and O–H groups in total. The molecule has 0 radical (unpaired) electrons. The number of ether oxygens (including phenoxy) is 1. The quantitative estimate of drug-likeness (QED) is 0.521. The van der Waals surface area contributed by atoms with Crippen LogP contribution < -0.4 is 9.64 Å². The molecular formula is C24H22N2O. The first-order chi connectivity index (χ1) is 13.2. The van der Waals surface area contributed by atoms with E-state index in [0.717, 1.165) is 35.3 Å². The van der Waals surface area contributed by atoms with Crippen LogP contribution in [0.25, 0.3) is 11.1 Å². The lowest BCUT2D eigenvalue weighted by Gasteiger charge is -2.16. The highest BCUT2D eigenvalue weighted by Crippen LogP contribution is 2.41. The van der Waals surface area contributed by atoms with Gasteiger partial charge in [0, 0.05) is 18.3 Å². The highest BCUT2D eigenvalue weighted by atomic mass is 16.5. The number of allylic oxidation sites excluding steroid dienone is 1. The number of fused-ring (bicyclic) bond motifs is 1. The predicted octanol–water partition coefficient (Wildman–Crippen LogP) is 6.21. The van der Waals surface area contributed by atoms with Gasteiger partial charge < -0.3 is 9.64 Å². The lowest BCUT2D eigenvalue weighted by Crippen LogP contribution is -2.20. The van der Waals surface area contributed by atoms with E-state index in [1.54, 1.807) is 0 Å². The summed E-state index contributed by atoms with van der Waals surface area (Å²) in [5.41, 5.74) is 5.34. The van der Waals surface area contributed by atoms with Crippen LogP contribution in [-0.4, -0.2) is 12.3 Å². The number of aliphatic imine (C=N–C) groups is 1. The second kappa shape index (κ2) is 7.50. The average Bonchev–Trinajstić information content (AvgIpc) is 3.05. The molecule has 0 saturated carbocycles. The third-order valence-corrected chi connectivity index (χ3v) is 4.55. The maximum absolute atomic E-state index is 6.12. The molecule has 3 aromatic carbocycles. The molecule has 0 atom stereocenters. The van der Waals surface area contributed by atoms with Gasteiger partial charge in [0.05, 0.1) is 11.4 Å². The molecule has 1 aliphatic rings. The third kappa shape index (κ3) is 3.63. The Bertz CT molecular complexity index is 991. The number of hydrogen-bond acceptors (Lipinski definition) is 3. The van der Waals surface area contributed by atoms with Crippen molar-refractivity contribution < 1.29 is 4.74 Å². The SMILES string of the molecule is CCN1/C(=C/C(C)=Nc2ccccc2)Oc2ccc(-c3ccccc3)cc21. The molecule has 4 rings (SSSR count). The molecule has 0 amide bonds. The van der Waals surface area contributed by atoms with Crippen LogP contribution in [0.2, 0.25) is 0 Å². The maximum Gasteiger partial charge on any atom is 0.202 e. The summed E-state index contributed by atoms with van der Waals surface area (Å²) in [6.45, 7) is 4.95. The van der Waals surface area contributed by atoms with Crippen molar-refractivity contribution in [2.75, 3.05) is 11.4 Å². The molecule has 134 valence electrons. The number of benzene rings is 3. The van der Waals surface area contributed by atoms with Crippen LogP contribution >= 0.6 is 0 Å². The van der Waals surface area contributed by atoms with Crippen molar-refractivity contribution in [2.45, 2.75) is 13.8 Å². The van der Waals surface area contributed by atoms with Gasteiger partial charge in [-0.1, -0.05) is 54.6 Å². The molecule has 3 heteroatoms. The molecule has 0 saturated heterocycles. The molecule has 3 nitrogen and oxygen atoms in total. The Hall–Kier alpha value is -3.33. The number of hydrogen-bond donors (Lipinski definition) is 0. The highest BCUT2D eigenvalue weighted by molar-refractivity contribution is 5.96. The largest absolute Gasteiger partial charge is 0.439 e. The zero-order valence-electron chi connectivity index (χ0n) is 15.6. The van der Waals surface area contributed by atoms with E-state index in [2.05, 4.69) is 53.2 Å². The summed E-state index contributed by atoms with van der Waals surface area (Å²) in [5.74, 6) is 1.70. The molecule has 0 unspecified atom stereocenters. The summed E-state index contributed by atoms with van der Waals surface area (Å²) < 4.78 is 6.12. The average molecular weight is 354 g/mol. The lowest BCUT2D eigenvalue weighted by molar-refractivity contribution is 0.441. The molecule has 0 spiro atoms. The van der Waals surface area contributed by atoms with Crippen LogP contribution in [0.15, 0.2) is 95.8 Å². The van der Waals surface area contributed by atoms with E-state index in [0.29, 0.717) is 0 Å². The Kier molecular flexibility index (Phi) is 4.75. The monoisotopic (exact) mass is 354 g/mol. The number of anilines is 1. The summed E-state index contributed by atoms with van der Waals surface area (Å²) >= 11 is 0. The van der Waals surface area contributed by atoms with E-state index >= 15 is 0 Å².